The summed E-state index contributed by atoms with van der Waals surface area (Å²) >= 11 is 0. The Morgan fingerprint density at radius 1 is 1.12 bits per heavy atom. The van der Waals surface area contributed by atoms with E-state index in [9.17, 15) is 4.79 Å². The van der Waals surface area contributed by atoms with E-state index < -0.39 is 0 Å². The summed E-state index contributed by atoms with van der Waals surface area (Å²) in [5.41, 5.74) is 10.4. The Bertz CT molecular complexity index is 721. The zero-order valence-corrected chi connectivity index (χ0v) is 14.2. The molecule has 2 aromatic rings. The van der Waals surface area contributed by atoms with Gasteiger partial charge in [-0.15, -0.1) is 0 Å². The molecule has 2 aromatic carbocycles. The molecule has 3 N–H and O–H groups in total. The van der Waals surface area contributed by atoms with Crippen LogP contribution in [0, 0.1) is 6.92 Å². The van der Waals surface area contributed by atoms with Crippen molar-refractivity contribution < 1.29 is 4.79 Å². The molecule has 0 unspecified atom stereocenters. The van der Waals surface area contributed by atoms with Gasteiger partial charge in [0.25, 0.3) is 5.91 Å². The molecular weight excluding hydrogens is 298 g/mol. The van der Waals surface area contributed by atoms with E-state index in [1.165, 1.54) is 31.5 Å². The molecular formula is C20H25N3O. The molecule has 4 nitrogen and oxygen atoms in total. The van der Waals surface area contributed by atoms with E-state index >= 15 is 0 Å². The van der Waals surface area contributed by atoms with Gasteiger partial charge in [-0.1, -0.05) is 30.3 Å². The van der Waals surface area contributed by atoms with Gasteiger partial charge in [0, 0.05) is 24.3 Å². The fourth-order valence-corrected chi connectivity index (χ4v) is 3.20. The van der Waals surface area contributed by atoms with Crippen LogP contribution in [-0.2, 0) is 13.1 Å². The van der Waals surface area contributed by atoms with Gasteiger partial charge in [-0.2, -0.15) is 0 Å². The number of hydrogen-bond donors (Lipinski definition) is 2. The Labute approximate surface area is 143 Å². The number of anilines is 1. The molecule has 1 fully saturated rings. The smallest absolute Gasteiger partial charge is 0.251 e. The topological polar surface area (TPSA) is 58.4 Å². The third-order valence-electron chi connectivity index (χ3n) is 4.56. The number of rotatable bonds is 5. The first-order chi connectivity index (χ1) is 11.6. The number of amides is 1. The minimum Gasteiger partial charge on any atom is -0.399 e. The number of carbonyl (C=O) groups excluding carboxylic acids is 1. The summed E-state index contributed by atoms with van der Waals surface area (Å²) in [6.07, 6.45) is 2.60. The van der Waals surface area contributed by atoms with Gasteiger partial charge in [0.2, 0.25) is 0 Å². The average molecular weight is 323 g/mol. The van der Waals surface area contributed by atoms with E-state index in [1.807, 2.05) is 19.1 Å². The number of hydrogen-bond acceptors (Lipinski definition) is 3. The Kier molecular flexibility index (Phi) is 5.16. The summed E-state index contributed by atoms with van der Waals surface area (Å²) in [6, 6.07) is 13.9. The maximum atomic E-state index is 12.4. The van der Waals surface area contributed by atoms with Crippen LogP contribution in [0.25, 0.3) is 0 Å². The fourth-order valence-electron chi connectivity index (χ4n) is 3.20. The van der Waals surface area contributed by atoms with Crippen LogP contribution in [0.15, 0.2) is 42.5 Å². The van der Waals surface area contributed by atoms with E-state index in [0.29, 0.717) is 17.8 Å². The van der Waals surface area contributed by atoms with Gasteiger partial charge in [0.1, 0.15) is 0 Å². The number of nitrogens with zero attached hydrogens (tertiary/aromatic N) is 1. The molecule has 3 rings (SSSR count). The highest BCUT2D eigenvalue weighted by Gasteiger charge is 2.12. The second-order valence-electron chi connectivity index (χ2n) is 6.56. The van der Waals surface area contributed by atoms with Crippen molar-refractivity contribution in [3.05, 3.63) is 64.7 Å². The quantitative estimate of drug-likeness (QED) is 0.831. The summed E-state index contributed by atoms with van der Waals surface area (Å²) in [6.45, 7) is 5.83. The van der Waals surface area contributed by atoms with Gasteiger partial charge >= 0.3 is 0 Å². The Morgan fingerprint density at radius 2 is 1.88 bits per heavy atom. The standard InChI is InChI=1S/C20H25N3O/c1-15-7-8-18(21)12-19(15)20(24)22-13-16-5-4-6-17(11-16)14-23-9-2-3-10-23/h4-8,11-12H,2-3,9-10,13-14,21H2,1H3,(H,22,24). The second-order valence-corrected chi connectivity index (χ2v) is 6.56. The lowest BCUT2D eigenvalue weighted by atomic mass is 10.1. The molecule has 24 heavy (non-hydrogen) atoms. The summed E-state index contributed by atoms with van der Waals surface area (Å²) in [5.74, 6) is -0.0789. The van der Waals surface area contributed by atoms with E-state index in [4.69, 9.17) is 5.73 Å². The largest absolute Gasteiger partial charge is 0.399 e. The van der Waals surface area contributed by atoms with Crippen molar-refractivity contribution >= 4 is 11.6 Å². The van der Waals surface area contributed by atoms with Gasteiger partial charge < -0.3 is 11.1 Å². The van der Waals surface area contributed by atoms with Gasteiger partial charge in [-0.05, 0) is 61.7 Å². The van der Waals surface area contributed by atoms with E-state index in [-0.39, 0.29) is 5.91 Å². The molecule has 0 aliphatic carbocycles. The number of nitrogen functional groups attached to an aromatic ring is 1. The Hall–Kier alpha value is -2.33. The molecule has 1 amide bonds. The molecule has 0 radical (unpaired) electrons. The molecule has 0 spiro atoms. The number of likely N-dealkylation sites (tertiary alicyclic amines) is 1. The normalized spacial score (nSPS) is 14.7. The van der Waals surface area contributed by atoms with Crippen molar-refractivity contribution in [3.63, 3.8) is 0 Å². The Balaban J connectivity index is 1.61. The van der Waals surface area contributed by atoms with Crippen LogP contribution < -0.4 is 11.1 Å². The van der Waals surface area contributed by atoms with Gasteiger partial charge in [0.05, 0.1) is 0 Å². The third kappa shape index (κ3) is 4.15. The molecule has 0 saturated carbocycles. The van der Waals surface area contributed by atoms with Crippen LogP contribution in [-0.4, -0.2) is 23.9 Å². The second kappa shape index (κ2) is 7.49. The van der Waals surface area contributed by atoms with Gasteiger partial charge in [-0.25, -0.2) is 0 Å². The van der Waals surface area contributed by atoms with Crippen LogP contribution in [0.1, 0.15) is 39.9 Å². The molecule has 0 aromatic heterocycles. The van der Waals surface area contributed by atoms with E-state index in [1.54, 1.807) is 6.07 Å². The summed E-state index contributed by atoms with van der Waals surface area (Å²) in [4.78, 5) is 14.9. The lowest BCUT2D eigenvalue weighted by Crippen LogP contribution is -2.24. The number of aryl methyl sites for hydroxylation is 1. The minimum atomic E-state index is -0.0789. The third-order valence-corrected chi connectivity index (χ3v) is 4.56. The van der Waals surface area contributed by atoms with Crippen LogP contribution in [0.3, 0.4) is 0 Å². The van der Waals surface area contributed by atoms with Crippen LogP contribution in [0.5, 0.6) is 0 Å². The van der Waals surface area contributed by atoms with Crippen molar-refractivity contribution in [2.45, 2.75) is 32.9 Å². The fraction of sp³-hybridized carbons (Fsp3) is 0.350. The van der Waals surface area contributed by atoms with E-state index in [0.717, 1.165) is 17.7 Å². The van der Waals surface area contributed by atoms with Crippen molar-refractivity contribution in [2.24, 2.45) is 0 Å². The predicted molar refractivity (Wildman–Crippen MR) is 97.7 cm³/mol. The lowest BCUT2D eigenvalue weighted by Gasteiger charge is -2.15. The van der Waals surface area contributed by atoms with Crippen molar-refractivity contribution in [1.29, 1.82) is 0 Å². The molecule has 126 valence electrons. The van der Waals surface area contributed by atoms with Crippen molar-refractivity contribution in [2.75, 3.05) is 18.8 Å². The SMILES string of the molecule is Cc1ccc(N)cc1C(=O)NCc1cccc(CN2CCCC2)c1. The molecule has 1 heterocycles. The monoisotopic (exact) mass is 323 g/mol. The summed E-state index contributed by atoms with van der Waals surface area (Å²) in [5, 5.41) is 3.00. The first-order valence-electron chi connectivity index (χ1n) is 8.56. The van der Waals surface area contributed by atoms with Crippen LogP contribution in [0.2, 0.25) is 0 Å². The Morgan fingerprint density at radius 3 is 2.67 bits per heavy atom. The van der Waals surface area contributed by atoms with Crippen molar-refractivity contribution in [3.8, 4) is 0 Å². The van der Waals surface area contributed by atoms with Gasteiger partial charge in [-0.3, -0.25) is 9.69 Å². The summed E-state index contributed by atoms with van der Waals surface area (Å²) in [7, 11) is 0. The van der Waals surface area contributed by atoms with E-state index in [2.05, 4.69) is 34.5 Å². The van der Waals surface area contributed by atoms with Crippen molar-refractivity contribution in [1.82, 2.24) is 10.2 Å². The van der Waals surface area contributed by atoms with Crippen LogP contribution >= 0.6 is 0 Å². The zero-order chi connectivity index (χ0) is 16.9. The molecule has 4 heteroatoms. The zero-order valence-electron chi connectivity index (χ0n) is 14.2. The first-order valence-corrected chi connectivity index (χ1v) is 8.56. The number of carbonyl (C=O) groups is 1. The minimum absolute atomic E-state index is 0.0789. The highest BCUT2D eigenvalue weighted by molar-refractivity contribution is 5.96. The lowest BCUT2D eigenvalue weighted by molar-refractivity contribution is 0.0950. The molecule has 0 atom stereocenters. The highest BCUT2D eigenvalue weighted by Crippen LogP contribution is 2.15. The van der Waals surface area contributed by atoms with Crippen LogP contribution in [0.4, 0.5) is 5.69 Å². The average Bonchev–Trinajstić information content (AvgIpc) is 3.08. The number of nitrogens with one attached hydrogen (secondary N) is 1. The van der Waals surface area contributed by atoms with Gasteiger partial charge in [0.15, 0.2) is 0 Å². The highest BCUT2D eigenvalue weighted by atomic mass is 16.1. The predicted octanol–water partition coefficient (Wildman–Crippen LogP) is 3.10. The number of nitrogens with two attached hydrogens (primary N) is 1. The molecule has 0 bridgehead atoms. The first kappa shape index (κ1) is 16.5. The number of benzene rings is 2. The summed E-state index contributed by atoms with van der Waals surface area (Å²) < 4.78 is 0. The maximum absolute atomic E-state index is 12.4. The molecule has 1 aliphatic rings. The maximum Gasteiger partial charge on any atom is 0.251 e. The molecule has 1 aliphatic heterocycles. The molecule has 1 saturated heterocycles.